The Morgan fingerprint density at radius 1 is 1.35 bits per heavy atom. The van der Waals surface area contributed by atoms with Gasteiger partial charge >= 0.3 is 0 Å². The molecule has 2 heterocycles. The molecule has 0 aromatic carbocycles. The summed E-state index contributed by atoms with van der Waals surface area (Å²) < 4.78 is 27.1. The molecule has 0 aliphatic carbocycles. The first-order valence-electron chi connectivity index (χ1n) is 9.43. The molecule has 1 aromatic heterocycles. The van der Waals surface area contributed by atoms with E-state index in [2.05, 4.69) is 24.1 Å². The number of nitrogens with one attached hydrogen (secondary N) is 1. The van der Waals surface area contributed by atoms with E-state index in [-0.39, 0.29) is 17.7 Å². The molecule has 1 amide bonds. The zero-order valence-electron chi connectivity index (χ0n) is 16.0. The molecule has 26 heavy (non-hydrogen) atoms. The van der Waals surface area contributed by atoms with E-state index in [1.54, 1.807) is 21.8 Å². The second-order valence-corrected chi connectivity index (χ2v) is 9.89. The fourth-order valence-corrected chi connectivity index (χ4v) is 6.02. The topological polar surface area (TPSA) is 69.7 Å². The molecule has 1 aliphatic heterocycles. The van der Waals surface area contributed by atoms with Crippen LogP contribution < -0.4 is 5.32 Å². The maximum atomic E-state index is 12.6. The summed E-state index contributed by atoms with van der Waals surface area (Å²) in [5, 5.41) is 4.81. The molecule has 1 fully saturated rings. The van der Waals surface area contributed by atoms with Gasteiger partial charge in [-0.25, -0.2) is 8.42 Å². The smallest absolute Gasteiger partial charge is 0.252 e. The third-order valence-corrected chi connectivity index (χ3v) is 8.60. The molecule has 1 unspecified atom stereocenters. The molecule has 8 heteroatoms. The molecule has 6 nitrogen and oxygen atoms in total. The van der Waals surface area contributed by atoms with Gasteiger partial charge in [0.25, 0.3) is 10.0 Å². The molecule has 1 N–H and O–H groups in total. The molecule has 1 aromatic rings. The second kappa shape index (κ2) is 9.82. The highest BCUT2D eigenvalue weighted by molar-refractivity contribution is 7.91. The maximum Gasteiger partial charge on any atom is 0.252 e. The molecular weight excluding hydrogens is 370 g/mol. The third kappa shape index (κ3) is 5.28. The van der Waals surface area contributed by atoms with Crippen LogP contribution >= 0.6 is 11.3 Å². The SMILES string of the molecule is CCN(CC)CCNC(=O)C(C)C1CCN(S(=O)(=O)c2cccs2)CC1. The molecule has 2 rings (SSSR count). The lowest BCUT2D eigenvalue weighted by Gasteiger charge is -2.33. The Hall–Kier alpha value is -0.960. The fraction of sp³-hybridized carbons (Fsp3) is 0.722. The number of nitrogens with zero attached hydrogens (tertiary/aromatic N) is 2. The van der Waals surface area contributed by atoms with Crippen LogP contribution in [0.1, 0.15) is 33.6 Å². The first kappa shape index (κ1) is 21.3. The minimum atomic E-state index is -3.37. The van der Waals surface area contributed by atoms with Crippen molar-refractivity contribution in [3.8, 4) is 0 Å². The van der Waals surface area contributed by atoms with E-state index < -0.39 is 10.0 Å². The van der Waals surface area contributed by atoms with Crippen LogP contribution in [-0.4, -0.2) is 62.8 Å². The maximum absolute atomic E-state index is 12.6. The van der Waals surface area contributed by atoms with E-state index in [0.717, 1.165) is 32.5 Å². The minimum Gasteiger partial charge on any atom is -0.355 e. The summed E-state index contributed by atoms with van der Waals surface area (Å²) in [6, 6.07) is 3.41. The summed E-state index contributed by atoms with van der Waals surface area (Å²) in [6.07, 6.45) is 1.46. The van der Waals surface area contributed by atoms with E-state index in [1.807, 2.05) is 6.92 Å². The van der Waals surface area contributed by atoms with Crippen LogP contribution in [-0.2, 0) is 14.8 Å². The van der Waals surface area contributed by atoms with Gasteiger partial charge < -0.3 is 10.2 Å². The first-order chi connectivity index (χ1) is 12.4. The predicted octanol–water partition coefficient (Wildman–Crippen LogP) is 2.24. The molecule has 1 aliphatic rings. The van der Waals surface area contributed by atoms with Crippen molar-refractivity contribution in [2.24, 2.45) is 11.8 Å². The number of carbonyl (C=O) groups is 1. The number of hydrogen-bond acceptors (Lipinski definition) is 5. The summed E-state index contributed by atoms with van der Waals surface area (Å²) in [5.74, 6) is 0.230. The first-order valence-corrected chi connectivity index (χ1v) is 11.8. The number of rotatable bonds is 9. The van der Waals surface area contributed by atoms with Crippen LogP contribution in [0.5, 0.6) is 0 Å². The summed E-state index contributed by atoms with van der Waals surface area (Å²) in [4.78, 5) is 14.7. The highest BCUT2D eigenvalue weighted by Gasteiger charge is 2.33. The molecule has 1 atom stereocenters. The zero-order chi connectivity index (χ0) is 19.2. The van der Waals surface area contributed by atoms with Gasteiger partial charge in [0.2, 0.25) is 5.91 Å². The summed E-state index contributed by atoms with van der Waals surface area (Å²) in [7, 11) is -3.37. The van der Waals surface area contributed by atoms with E-state index in [0.29, 0.717) is 23.8 Å². The number of sulfonamides is 1. The van der Waals surface area contributed by atoms with Crippen molar-refractivity contribution in [3.63, 3.8) is 0 Å². The van der Waals surface area contributed by atoms with Crippen molar-refractivity contribution >= 4 is 27.3 Å². The molecule has 148 valence electrons. The van der Waals surface area contributed by atoms with Crippen LogP contribution in [0.2, 0.25) is 0 Å². The summed E-state index contributed by atoms with van der Waals surface area (Å²) >= 11 is 1.25. The van der Waals surface area contributed by atoms with Gasteiger partial charge in [-0.2, -0.15) is 4.31 Å². The van der Waals surface area contributed by atoms with Crippen molar-refractivity contribution in [1.29, 1.82) is 0 Å². The Labute approximate surface area is 161 Å². The predicted molar refractivity (Wildman–Crippen MR) is 106 cm³/mol. The Morgan fingerprint density at radius 2 is 2.00 bits per heavy atom. The van der Waals surface area contributed by atoms with Gasteiger partial charge in [-0.15, -0.1) is 11.3 Å². The zero-order valence-corrected chi connectivity index (χ0v) is 17.6. The van der Waals surface area contributed by atoms with Crippen LogP contribution in [0.4, 0.5) is 0 Å². The number of amides is 1. The Balaban J connectivity index is 1.80. The van der Waals surface area contributed by atoms with Crippen molar-refractivity contribution in [2.75, 3.05) is 39.3 Å². The number of thiophene rings is 1. The third-order valence-electron chi connectivity index (χ3n) is 5.33. The van der Waals surface area contributed by atoms with Gasteiger partial charge in [-0.3, -0.25) is 4.79 Å². The Bertz CT molecular complexity index is 649. The molecule has 0 bridgehead atoms. The quantitative estimate of drug-likeness (QED) is 0.689. The number of carbonyl (C=O) groups excluding carboxylic acids is 1. The Morgan fingerprint density at radius 3 is 2.54 bits per heavy atom. The summed E-state index contributed by atoms with van der Waals surface area (Å²) in [6.45, 7) is 10.7. The van der Waals surface area contributed by atoms with Crippen LogP contribution in [0.3, 0.4) is 0 Å². The van der Waals surface area contributed by atoms with E-state index in [1.165, 1.54) is 11.3 Å². The van der Waals surface area contributed by atoms with E-state index in [9.17, 15) is 13.2 Å². The average Bonchev–Trinajstić information content (AvgIpc) is 3.20. The van der Waals surface area contributed by atoms with Crippen LogP contribution in [0.25, 0.3) is 0 Å². The number of likely N-dealkylation sites (N-methyl/N-ethyl adjacent to an activating group) is 1. The second-order valence-electron chi connectivity index (χ2n) is 6.78. The normalized spacial score (nSPS) is 18.2. The van der Waals surface area contributed by atoms with Crippen molar-refractivity contribution in [1.82, 2.24) is 14.5 Å². The van der Waals surface area contributed by atoms with Crippen molar-refractivity contribution in [2.45, 2.75) is 37.8 Å². The lowest BCUT2D eigenvalue weighted by Crippen LogP contribution is -2.43. The lowest BCUT2D eigenvalue weighted by atomic mass is 9.85. The minimum absolute atomic E-state index is 0.0803. The van der Waals surface area contributed by atoms with E-state index in [4.69, 9.17) is 0 Å². The fourth-order valence-electron chi connectivity index (χ4n) is 3.41. The van der Waals surface area contributed by atoms with Gasteiger partial charge in [-0.05, 0) is 43.3 Å². The Kier molecular flexibility index (Phi) is 8.06. The van der Waals surface area contributed by atoms with Gasteiger partial charge in [-0.1, -0.05) is 26.8 Å². The van der Waals surface area contributed by atoms with Gasteiger partial charge in [0.05, 0.1) is 0 Å². The van der Waals surface area contributed by atoms with Gasteiger partial charge in [0.1, 0.15) is 4.21 Å². The number of piperidine rings is 1. The number of hydrogen-bond donors (Lipinski definition) is 1. The monoisotopic (exact) mass is 401 g/mol. The average molecular weight is 402 g/mol. The van der Waals surface area contributed by atoms with Crippen LogP contribution in [0, 0.1) is 11.8 Å². The van der Waals surface area contributed by atoms with Gasteiger partial charge in [0, 0.05) is 32.1 Å². The van der Waals surface area contributed by atoms with E-state index >= 15 is 0 Å². The summed E-state index contributed by atoms with van der Waals surface area (Å²) in [5.41, 5.74) is 0. The molecule has 1 saturated heterocycles. The standard InChI is InChI=1S/C18H31N3O3S2/c1-4-20(5-2)13-10-19-18(22)15(3)16-8-11-21(12-9-16)26(23,24)17-7-6-14-25-17/h6-7,14-16H,4-5,8-13H2,1-3H3,(H,19,22). The van der Waals surface area contributed by atoms with Crippen molar-refractivity contribution in [3.05, 3.63) is 17.5 Å². The highest BCUT2D eigenvalue weighted by Crippen LogP contribution is 2.29. The highest BCUT2D eigenvalue weighted by atomic mass is 32.2. The molecule has 0 saturated carbocycles. The lowest BCUT2D eigenvalue weighted by molar-refractivity contribution is -0.126. The van der Waals surface area contributed by atoms with Gasteiger partial charge in [0.15, 0.2) is 0 Å². The molecular formula is C18H31N3O3S2. The molecule has 0 radical (unpaired) electrons. The van der Waals surface area contributed by atoms with Crippen molar-refractivity contribution < 1.29 is 13.2 Å². The largest absolute Gasteiger partial charge is 0.355 e. The molecule has 0 spiro atoms. The van der Waals surface area contributed by atoms with Crippen LogP contribution in [0.15, 0.2) is 21.7 Å².